The zero-order valence-electron chi connectivity index (χ0n) is 12.8. The molecule has 3 nitrogen and oxygen atoms in total. The highest BCUT2D eigenvalue weighted by Gasteiger charge is 2.19. The Balaban J connectivity index is 2.33. The van der Waals surface area contributed by atoms with E-state index in [1.807, 2.05) is 35.4 Å². The maximum absolute atomic E-state index is 12.8. The van der Waals surface area contributed by atoms with Gasteiger partial charge >= 0.3 is 0 Å². The number of amides is 1. The number of nitrogens with zero attached hydrogens (tertiary/aromatic N) is 1. The number of H-pyrrole nitrogens is 1. The Morgan fingerprint density at radius 3 is 2.35 bits per heavy atom. The Bertz CT molecular complexity index is 573. The van der Waals surface area contributed by atoms with Gasteiger partial charge in [0.1, 0.15) is 0 Å². The van der Waals surface area contributed by atoms with Crippen molar-refractivity contribution >= 4 is 16.8 Å². The molecule has 0 aliphatic heterocycles. The minimum atomic E-state index is 0.137. The second kappa shape index (κ2) is 6.12. The van der Waals surface area contributed by atoms with Gasteiger partial charge in [-0.05, 0) is 30.0 Å². The first kappa shape index (κ1) is 14.6. The van der Waals surface area contributed by atoms with Gasteiger partial charge in [0.05, 0.1) is 0 Å². The molecule has 0 aliphatic carbocycles. The maximum Gasteiger partial charge on any atom is 0.254 e. The molecule has 20 heavy (non-hydrogen) atoms. The lowest BCUT2D eigenvalue weighted by Crippen LogP contribution is -2.37. The van der Waals surface area contributed by atoms with Crippen molar-refractivity contribution in [2.24, 2.45) is 11.8 Å². The molecule has 1 N–H and O–H groups in total. The standard InChI is InChI=1S/C17H24N2O/c1-12(2)10-19(11-13(3)4)17(20)15-6-5-7-16-14(15)8-9-18-16/h5-9,12-13,18H,10-11H2,1-4H3. The topological polar surface area (TPSA) is 36.1 Å². The molecule has 0 atom stereocenters. The van der Waals surface area contributed by atoms with Gasteiger partial charge in [-0.25, -0.2) is 0 Å². The molecule has 108 valence electrons. The molecule has 0 aliphatic rings. The summed E-state index contributed by atoms with van der Waals surface area (Å²) in [6, 6.07) is 7.84. The summed E-state index contributed by atoms with van der Waals surface area (Å²) in [4.78, 5) is 18.0. The smallest absolute Gasteiger partial charge is 0.254 e. The van der Waals surface area contributed by atoms with Crippen LogP contribution in [0.25, 0.3) is 10.9 Å². The van der Waals surface area contributed by atoms with Gasteiger partial charge in [0.15, 0.2) is 0 Å². The molecule has 0 radical (unpaired) electrons. The summed E-state index contributed by atoms with van der Waals surface area (Å²) in [5.74, 6) is 1.09. The third kappa shape index (κ3) is 3.21. The summed E-state index contributed by atoms with van der Waals surface area (Å²) in [6.07, 6.45) is 1.89. The molecule has 0 saturated heterocycles. The SMILES string of the molecule is CC(C)CN(CC(C)C)C(=O)c1cccc2[nH]ccc12. The monoisotopic (exact) mass is 272 g/mol. The van der Waals surface area contributed by atoms with E-state index in [0.717, 1.165) is 29.6 Å². The lowest BCUT2D eigenvalue weighted by atomic mass is 10.1. The van der Waals surface area contributed by atoms with E-state index in [4.69, 9.17) is 0 Å². The lowest BCUT2D eigenvalue weighted by Gasteiger charge is -2.26. The molecule has 1 aromatic carbocycles. The van der Waals surface area contributed by atoms with Gasteiger partial charge in [-0.3, -0.25) is 4.79 Å². The van der Waals surface area contributed by atoms with Crippen LogP contribution in [0.15, 0.2) is 30.5 Å². The van der Waals surface area contributed by atoms with Gasteiger partial charge in [-0.15, -0.1) is 0 Å². The van der Waals surface area contributed by atoms with Crippen LogP contribution in [-0.2, 0) is 0 Å². The van der Waals surface area contributed by atoms with Crippen molar-refractivity contribution in [3.05, 3.63) is 36.0 Å². The van der Waals surface area contributed by atoms with Crippen LogP contribution in [0.2, 0.25) is 0 Å². The number of benzene rings is 1. The Morgan fingerprint density at radius 1 is 1.10 bits per heavy atom. The van der Waals surface area contributed by atoms with Crippen molar-refractivity contribution in [2.75, 3.05) is 13.1 Å². The van der Waals surface area contributed by atoms with Crippen molar-refractivity contribution in [3.8, 4) is 0 Å². The Labute approximate surface area is 121 Å². The fourth-order valence-corrected chi connectivity index (χ4v) is 2.56. The van der Waals surface area contributed by atoms with Crippen LogP contribution in [0, 0.1) is 11.8 Å². The first-order valence-corrected chi connectivity index (χ1v) is 7.34. The number of hydrogen-bond acceptors (Lipinski definition) is 1. The third-order valence-corrected chi connectivity index (χ3v) is 3.28. The Hall–Kier alpha value is -1.77. The molecule has 3 heteroatoms. The van der Waals surface area contributed by atoms with E-state index in [1.54, 1.807) is 0 Å². The molecule has 0 bridgehead atoms. The van der Waals surface area contributed by atoms with E-state index >= 15 is 0 Å². The molecular formula is C17H24N2O. The minimum Gasteiger partial charge on any atom is -0.361 e. The van der Waals surface area contributed by atoms with Crippen molar-refractivity contribution in [3.63, 3.8) is 0 Å². The van der Waals surface area contributed by atoms with Crippen molar-refractivity contribution in [1.82, 2.24) is 9.88 Å². The molecule has 0 saturated carbocycles. The van der Waals surface area contributed by atoms with E-state index < -0.39 is 0 Å². The molecule has 1 aromatic heterocycles. The molecule has 2 rings (SSSR count). The highest BCUT2D eigenvalue weighted by molar-refractivity contribution is 6.06. The molecule has 0 fully saturated rings. The van der Waals surface area contributed by atoms with Crippen molar-refractivity contribution in [1.29, 1.82) is 0 Å². The number of carbonyl (C=O) groups excluding carboxylic acids is 1. The zero-order valence-corrected chi connectivity index (χ0v) is 12.8. The molecule has 1 amide bonds. The summed E-state index contributed by atoms with van der Waals surface area (Å²) < 4.78 is 0. The van der Waals surface area contributed by atoms with E-state index in [9.17, 15) is 4.79 Å². The summed E-state index contributed by atoms with van der Waals surface area (Å²) in [5.41, 5.74) is 1.81. The fourth-order valence-electron chi connectivity index (χ4n) is 2.56. The largest absolute Gasteiger partial charge is 0.361 e. The van der Waals surface area contributed by atoms with Crippen LogP contribution >= 0.6 is 0 Å². The molecule has 2 aromatic rings. The number of nitrogens with one attached hydrogen (secondary N) is 1. The molecule has 1 heterocycles. The van der Waals surface area contributed by atoms with Crippen LogP contribution in [0.5, 0.6) is 0 Å². The first-order valence-electron chi connectivity index (χ1n) is 7.34. The molecular weight excluding hydrogens is 248 g/mol. The second-order valence-electron chi connectivity index (χ2n) is 6.24. The predicted octanol–water partition coefficient (Wildman–Crippen LogP) is 3.92. The second-order valence-corrected chi connectivity index (χ2v) is 6.24. The van der Waals surface area contributed by atoms with Gasteiger partial charge in [0.2, 0.25) is 0 Å². The number of hydrogen-bond donors (Lipinski definition) is 1. The van der Waals surface area contributed by atoms with Crippen LogP contribution in [0.1, 0.15) is 38.1 Å². The van der Waals surface area contributed by atoms with Gasteiger partial charge in [-0.2, -0.15) is 0 Å². The summed E-state index contributed by atoms with van der Waals surface area (Å²) in [6.45, 7) is 10.2. The maximum atomic E-state index is 12.8. The number of rotatable bonds is 5. The van der Waals surface area contributed by atoms with Gasteiger partial charge in [0.25, 0.3) is 5.91 Å². The number of carbonyl (C=O) groups is 1. The highest BCUT2D eigenvalue weighted by atomic mass is 16.2. The third-order valence-electron chi connectivity index (χ3n) is 3.28. The van der Waals surface area contributed by atoms with Gasteiger partial charge in [-0.1, -0.05) is 33.8 Å². The quantitative estimate of drug-likeness (QED) is 0.879. The van der Waals surface area contributed by atoms with Crippen molar-refractivity contribution in [2.45, 2.75) is 27.7 Å². The summed E-state index contributed by atoms with van der Waals surface area (Å²) in [5, 5.41) is 1.01. The van der Waals surface area contributed by atoms with E-state index in [1.165, 1.54) is 0 Å². The summed E-state index contributed by atoms with van der Waals surface area (Å²) >= 11 is 0. The highest BCUT2D eigenvalue weighted by Crippen LogP contribution is 2.20. The number of fused-ring (bicyclic) bond motifs is 1. The number of aromatic amines is 1. The zero-order chi connectivity index (χ0) is 14.7. The fraction of sp³-hybridized carbons (Fsp3) is 0.471. The van der Waals surface area contributed by atoms with Crippen LogP contribution in [0.4, 0.5) is 0 Å². The normalized spacial score (nSPS) is 11.5. The van der Waals surface area contributed by atoms with E-state index in [2.05, 4.69) is 32.7 Å². The molecule has 0 spiro atoms. The van der Waals surface area contributed by atoms with Crippen LogP contribution < -0.4 is 0 Å². The predicted molar refractivity (Wildman–Crippen MR) is 83.9 cm³/mol. The average Bonchev–Trinajstić information content (AvgIpc) is 2.83. The van der Waals surface area contributed by atoms with Crippen LogP contribution in [0.3, 0.4) is 0 Å². The Kier molecular flexibility index (Phi) is 4.48. The average molecular weight is 272 g/mol. The Morgan fingerprint density at radius 2 is 1.75 bits per heavy atom. The van der Waals surface area contributed by atoms with Gasteiger partial charge < -0.3 is 9.88 Å². The minimum absolute atomic E-state index is 0.137. The lowest BCUT2D eigenvalue weighted by molar-refractivity contribution is 0.0717. The molecule has 0 unspecified atom stereocenters. The summed E-state index contributed by atoms with van der Waals surface area (Å²) in [7, 11) is 0. The van der Waals surface area contributed by atoms with Gasteiger partial charge in [0, 0.05) is 35.8 Å². The van der Waals surface area contributed by atoms with Crippen molar-refractivity contribution < 1.29 is 4.79 Å². The van der Waals surface area contributed by atoms with E-state index in [0.29, 0.717) is 11.8 Å². The van der Waals surface area contributed by atoms with E-state index in [-0.39, 0.29) is 5.91 Å². The first-order chi connectivity index (χ1) is 9.49. The number of aromatic nitrogens is 1. The van der Waals surface area contributed by atoms with Crippen LogP contribution in [-0.4, -0.2) is 28.9 Å².